The van der Waals surface area contributed by atoms with Gasteiger partial charge in [-0.2, -0.15) is 20.2 Å². The van der Waals surface area contributed by atoms with Crippen LogP contribution in [-0.4, -0.2) is 98.8 Å². The van der Waals surface area contributed by atoms with Crippen molar-refractivity contribution in [3.05, 3.63) is 11.1 Å². The number of thioether (sulfide) groups is 1. The Bertz CT molecular complexity index is 1350. The SMILES string of the molecule is CC(C)(C)OC(=O)NCCSCC1C(NC(=O)C(=NOC(C)(C)C(=O)OC(C)(C)C)c2cnc(N)s2)C(=O)N1S(=O)(=O)O. The molecule has 1 aromatic heterocycles. The summed E-state index contributed by atoms with van der Waals surface area (Å²) in [6, 6.07) is -2.53. The number of nitrogen functional groups attached to an aromatic ring is 1. The number of nitrogens with zero attached hydrogens (tertiary/aromatic N) is 3. The van der Waals surface area contributed by atoms with Crippen LogP contribution in [0.3, 0.4) is 0 Å². The number of thiazole rings is 1. The van der Waals surface area contributed by atoms with Gasteiger partial charge in [-0.15, -0.1) is 0 Å². The van der Waals surface area contributed by atoms with Crippen molar-refractivity contribution in [2.24, 2.45) is 5.16 Å². The number of amides is 3. The zero-order valence-corrected chi connectivity index (χ0v) is 27.6. The number of nitrogens with one attached hydrogen (secondary N) is 2. The highest BCUT2D eigenvalue weighted by atomic mass is 32.2. The van der Waals surface area contributed by atoms with Gasteiger partial charge in [-0.05, 0) is 55.4 Å². The van der Waals surface area contributed by atoms with Crippen LogP contribution in [0.5, 0.6) is 0 Å². The Morgan fingerprint density at radius 1 is 1.14 bits per heavy atom. The largest absolute Gasteiger partial charge is 0.457 e. The van der Waals surface area contributed by atoms with Gasteiger partial charge in [-0.3, -0.25) is 14.1 Å². The molecule has 0 bridgehead atoms. The summed E-state index contributed by atoms with van der Waals surface area (Å²) >= 11 is 2.03. The third-order valence-electron chi connectivity index (χ3n) is 5.14. The van der Waals surface area contributed by atoms with E-state index in [4.69, 9.17) is 20.0 Å². The van der Waals surface area contributed by atoms with Crippen LogP contribution in [0.2, 0.25) is 0 Å². The van der Waals surface area contributed by atoms with Crippen LogP contribution in [-0.2, 0) is 39.0 Å². The fraction of sp³-hybridized carbons (Fsp3) is 0.667. The van der Waals surface area contributed by atoms with Crippen LogP contribution in [0.15, 0.2) is 11.4 Å². The molecule has 0 spiro atoms. The summed E-state index contributed by atoms with van der Waals surface area (Å²) in [6.45, 7) is 13.1. The highest BCUT2D eigenvalue weighted by Crippen LogP contribution is 2.27. The van der Waals surface area contributed by atoms with Crippen molar-refractivity contribution in [3.63, 3.8) is 0 Å². The summed E-state index contributed by atoms with van der Waals surface area (Å²) in [5, 5.41) is 8.91. The minimum absolute atomic E-state index is 0.0331. The zero-order valence-electron chi connectivity index (χ0n) is 25.1. The lowest BCUT2D eigenvalue weighted by molar-refractivity contribution is -0.179. The Kier molecular flexibility index (Phi) is 11.4. The summed E-state index contributed by atoms with van der Waals surface area (Å²) in [6.07, 6.45) is 0.601. The van der Waals surface area contributed by atoms with E-state index in [0.29, 0.717) is 5.75 Å². The average molecular weight is 667 g/mol. The molecule has 0 radical (unpaired) electrons. The molecule has 1 aromatic rings. The molecule has 1 aliphatic rings. The molecule has 2 heterocycles. The number of nitrogens with two attached hydrogens (primary N) is 1. The van der Waals surface area contributed by atoms with Crippen LogP contribution in [0, 0.1) is 0 Å². The fourth-order valence-corrected chi connectivity index (χ4v) is 5.90. The Labute approximate surface area is 258 Å². The van der Waals surface area contributed by atoms with Crippen molar-refractivity contribution < 1.29 is 46.5 Å². The third-order valence-corrected chi connectivity index (χ3v) is 7.99. The topological polar surface area (TPSA) is 229 Å². The molecule has 19 heteroatoms. The summed E-state index contributed by atoms with van der Waals surface area (Å²) in [4.78, 5) is 59.8. The normalized spacial score (nSPS) is 18.0. The number of rotatable bonds is 12. The molecule has 242 valence electrons. The summed E-state index contributed by atoms with van der Waals surface area (Å²) in [5.41, 5.74) is 2.18. The molecule has 1 aliphatic heterocycles. The second-order valence-electron chi connectivity index (χ2n) is 11.7. The maximum atomic E-state index is 13.3. The van der Waals surface area contributed by atoms with Crippen molar-refractivity contribution in [1.29, 1.82) is 0 Å². The van der Waals surface area contributed by atoms with Crippen molar-refractivity contribution in [3.8, 4) is 0 Å². The Morgan fingerprint density at radius 2 is 1.74 bits per heavy atom. The number of anilines is 1. The molecule has 1 saturated heterocycles. The van der Waals surface area contributed by atoms with Gasteiger partial charge in [0.25, 0.3) is 11.8 Å². The van der Waals surface area contributed by atoms with Crippen molar-refractivity contribution in [1.82, 2.24) is 19.9 Å². The van der Waals surface area contributed by atoms with E-state index in [0.717, 1.165) is 23.1 Å². The van der Waals surface area contributed by atoms with Gasteiger partial charge in [0.05, 0.1) is 10.9 Å². The van der Waals surface area contributed by atoms with Crippen molar-refractivity contribution in [2.75, 3.05) is 23.8 Å². The van der Waals surface area contributed by atoms with Gasteiger partial charge >= 0.3 is 22.4 Å². The van der Waals surface area contributed by atoms with Gasteiger partial charge in [-0.1, -0.05) is 16.5 Å². The second kappa shape index (κ2) is 13.6. The molecular formula is C24H38N6O10S3. The number of hydrogen-bond acceptors (Lipinski definition) is 14. The van der Waals surface area contributed by atoms with E-state index >= 15 is 0 Å². The van der Waals surface area contributed by atoms with Crippen molar-refractivity contribution in [2.45, 2.75) is 84.3 Å². The molecule has 43 heavy (non-hydrogen) atoms. The fourth-order valence-electron chi connectivity index (χ4n) is 3.27. The van der Waals surface area contributed by atoms with Crippen LogP contribution in [0.4, 0.5) is 9.93 Å². The Hall–Kier alpha value is -3.16. The maximum Gasteiger partial charge on any atom is 0.407 e. The standard InChI is InChI=1S/C24H38N6O10S3/c1-22(2,3)38-19(33)24(7,8)40-29-16(14-11-27-20(25)42-14)17(31)28-15-13(30(18(15)32)43(35,36)37)12-41-10-9-26-21(34)39-23(4,5)6/h11,13,15H,9-10,12H2,1-8H3,(H2,25,27)(H,26,34)(H,28,31)(H,35,36,37). The van der Waals surface area contributed by atoms with Gasteiger partial charge in [-0.25, -0.2) is 18.9 Å². The molecule has 2 unspecified atom stereocenters. The lowest BCUT2D eigenvalue weighted by atomic mass is 10.0. The number of hydrogen-bond donors (Lipinski definition) is 4. The lowest BCUT2D eigenvalue weighted by Gasteiger charge is -2.44. The van der Waals surface area contributed by atoms with Crippen LogP contribution in [0.25, 0.3) is 0 Å². The highest BCUT2D eigenvalue weighted by Gasteiger charge is 2.54. The van der Waals surface area contributed by atoms with E-state index in [1.165, 1.54) is 20.0 Å². The summed E-state index contributed by atoms with van der Waals surface area (Å²) in [7, 11) is -4.93. The molecule has 3 amide bonds. The van der Waals surface area contributed by atoms with Crippen LogP contribution < -0.4 is 16.4 Å². The zero-order chi connectivity index (χ0) is 33.0. The van der Waals surface area contributed by atoms with Gasteiger partial charge in [0.15, 0.2) is 10.8 Å². The molecule has 1 fully saturated rings. The molecule has 16 nitrogen and oxygen atoms in total. The minimum Gasteiger partial charge on any atom is -0.457 e. The number of oxime groups is 1. The van der Waals surface area contributed by atoms with E-state index in [2.05, 4.69) is 20.8 Å². The molecule has 2 atom stereocenters. The number of aromatic nitrogens is 1. The van der Waals surface area contributed by atoms with Gasteiger partial charge in [0.2, 0.25) is 5.60 Å². The number of carbonyl (C=O) groups is 4. The quantitative estimate of drug-likeness (QED) is 0.0617. The average Bonchev–Trinajstić information content (AvgIpc) is 3.24. The van der Waals surface area contributed by atoms with E-state index in [-0.39, 0.29) is 26.6 Å². The molecule has 0 aromatic carbocycles. The molecule has 0 saturated carbocycles. The minimum atomic E-state index is -4.93. The van der Waals surface area contributed by atoms with Gasteiger partial charge < -0.3 is 30.7 Å². The number of carbonyl (C=O) groups excluding carboxylic acids is 4. The first-order chi connectivity index (χ1) is 19.5. The number of β-lactam (4-membered cyclic amide) rings is 1. The van der Waals surface area contributed by atoms with Gasteiger partial charge in [0.1, 0.15) is 17.2 Å². The monoisotopic (exact) mass is 666 g/mol. The van der Waals surface area contributed by atoms with Gasteiger partial charge in [0, 0.05) is 24.2 Å². The first-order valence-electron chi connectivity index (χ1n) is 12.9. The molecular weight excluding hydrogens is 628 g/mol. The van der Waals surface area contributed by atoms with Crippen molar-refractivity contribution >= 4 is 68.1 Å². The van der Waals surface area contributed by atoms with E-state index in [1.807, 2.05) is 0 Å². The Balaban J connectivity index is 2.18. The second-order valence-corrected chi connectivity index (χ2v) is 15.2. The first-order valence-corrected chi connectivity index (χ1v) is 16.3. The Morgan fingerprint density at radius 3 is 2.26 bits per heavy atom. The summed E-state index contributed by atoms with van der Waals surface area (Å²) in [5.74, 6) is -2.53. The van der Waals surface area contributed by atoms with E-state index in [9.17, 15) is 32.1 Å². The third kappa shape index (κ3) is 10.8. The maximum absolute atomic E-state index is 13.3. The summed E-state index contributed by atoms with van der Waals surface area (Å²) < 4.78 is 44.0. The molecule has 5 N–H and O–H groups in total. The highest BCUT2D eigenvalue weighted by molar-refractivity contribution is 7.99. The molecule has 2 rings (SSSR count). The van der Waals surface area contributed by atoms with E-state index in [1.54, 1.807) is 41.5 Å². The van der Waals surface area contributed by atoms with Crippen LogP contribution in [0.1, 0.15) is 60.3 Å². The predicted molar refractivity (Wildman–Crippen MR) is 160 cm³/mol. The van der Waals surface area contributed by atoms with Crippen LogP contribution >= 0.6 is 23.1 Å². The lowest BCUT2D eigenvalue weighted by Crippen LogP contribution is -2.73. The number of ether oxygens (including phenoxy) is 2. The number of alkyl carbamates (subject to hydrolysis) is 1. The number of esters is 1. The predicted octanol–water partition coefficient (Wildman–Crippen LogP) is 1.32. The molecule has 0 aliphatic carbocycles. The van der Waals surface area contributed by atoms with E-state index < -0.39 is 68.8 Å². The smallest absolute Gasteiger partial charge is 0.407 e. The first kappa shape index (κ1) is 36.0.